The van der Waals surface area contributed by atoms with Crippen LogP contribution in [0.1, 0.15) is 46.5 Å². The third kappa shape index (κ3) is 7.19. The molecule has 38 heavy (non-hydrogen) atoms. The van der Waals surface area contributed by atoms with E-state index in [1.54, 1.807) is 6.92 Å². The normalized spacial score (nSPS) is 30.1. The van der Waals surface area contributed by atoms with Crippen molar-refractivity contribution in [2.24, 2.45) is 23.5 Å². The van der Waals surface area contributed by atoms with Crippen molar-refractivity contribution < 1.29 is 44.3 Å². The minimum atomic E-state index is -1.69. The predicted octanol–water partition coefficient (Wildman–Crippen LogP) is -0.846. The molecule has 0 aromatic carbocycles. The topological polar surface area (TPSA) is 192 Å². The molecule has 2 rings (SSSR count). The Labute approximate surface area is 223 Å². The fourth-order valence-electron chi connectivity index (χ4n) is 5.06. The molecular formula is C26H43N3O9. The van der Waals surface area contributed by atoms with Crippen LogP contribution in [0.5, 0.6) is 0 Å². The average Bonchev–Trinajstić information content (AvgIpc) is 3.37. The second-order valence-electron chi connectivity index (χ2n) is 10.3. The molecule has 0 aromatic rings. The van der Waals surface area contributed by atoms with Gasteiger partial charge in [0.15, 0.2) is 6.10 Å². The number of carbonyl (C=O) groups excluding carboxylic acids is 3. The van der Waals surface area contributed by atoms with E-state index in [0.717, 1.165) is 5.57 Å². The van der Waals surface area contributed by atoms with Gasteiger partial charge in [0.05, 0.1) is 43.3 Å². The average molecular weight is 542 g/mol. The molecule has 0 saturated carbocycles. The molecule has 2 fully saturated rings. The molecule has 12 nitrogen and oxygen atoms in total. The maximum Gasteiger partial charge on any atom is 0.258 e. The van der Waals surface area contributed by atoms with E-state index in [1.807, 2.05) is 6.92 Å². The minimum Gasteiger partial charge on any atom is -0.396 e. The zero-order valence-electron chi connectivity index (χ0n) is 22.6. The second kappa shape index (κ2) is 13.6. The molecule has 2 aliphatic heterocycles. The highest BCUT2D eigenvalue weighted by molar-refractivity contribution is 5.82. The number of hydrogen-bond acceptors (Lipinski definition) is 9. The van der Waals surface area contributed by atoms with Crippen LogP contribution in [-0.2, 0) is 23.9 Å². The quantitative estimate of drug-likeness (QED) is 0.171. The minimum absolute atomic E-state index is 0.0205. The lowest BCUT2D eigenvalue weighted by Gasteiger charge is -2.44. The number of amides is 3. The number of hydrogen-bond donors (Lipinski definition) is 6. The molecule has 7 N–H and O–H groups in total. The Hall–Kier alpha value is -2.35. The Morgan fingerprint density at radius 3 is 2.53 bits per heavy atom. The number of aliphatic hydroxyl groups is 4. The summed E-state index contributed by atoms with van der Waals surface area (Å²) in [6, 6.07) is -0.592. The summed E-state index contributed by atoms with van der Waals surface area (Å²) in [5.74, 6) is -5.41. The van der Waals surface area contributed by atoms with E-state index in [9.17, 15) is 34.8 Å². The highest BCUT2D eigenvalue weighted by Gasteiger charge is 2.49. The number of nitrogens with zero attached hydrogens (tertiary/aromatic N) is 1. The number of aliphatic hydroxyl groups excluding tert-OH is 4. The summed E-state index contributed by atoms with van der Waals surface area (Å²) in [5, 5.41) is 44.1. The molecule has 12 heteroatoms. The second-order valence-corrected chi connectivity index (χ2v) is 10.3. The molecule has 2 saturated heterocycles. The highest BCUT2D eigenvalue weighted by Crippen LogP contribution is 2.38. The first-order chi connectivity index (χ1) is 17.8. The number of nitrogens with two attached hydrogens (primary N) is 1. The van der Waals surface area contributed by atoms with Gasteiger partial charge >= 0.3 is 0 Å². The first-order valence-corrected chi connectivity index (χ1v) is 12.9. The van der Waals surface area contributed by atoms with Crippen LogP contribution in [0.15, 0.2) is 24.4 Å². The van der Waals surface area contributed by atoms with Crippen LogP contribution in [0.2, 0.25) is 0 Å². The van der Waals surface area contributed by atoms with Gasteiger partial charge in [-0.15, -0.1) is 0 Å². The zero-order valence-corrected chi connectivity index (χ0v) is 22.6. The van der Waals surface area contributed by atoms with Crippen LogP contribution in [0.25, 0.3) is 0 Å². The Balaban J connectivity index is 2.02. The molecule has 0 bridgehead atoms. The van der Waals surface area contributed by atoms with Crippen molar-refractivity contribution in [3.05, 3.63) is 24.4 Å². The number of nitrogens with one attached hydrogen (secondary N) is 1. The lowest BCUT2D eigenvalue weighted by molar-refractivity contribution is -0.297. The van der Waals surface area contributed by atoms with E-state index in [1.165, 1.54) is 31.2 Å². The van der Waals surface area contributed by atoms with Crippen LogP contribution in [0.4, 0.5) is 0 Å². The third-order valence-corrected chi connectivity index (χ3v) is 7.77. The zero-order chi connectivity index (χ0) is 28.8. The van der Waals surface area contributed by atoms with Crippen LogP contribution >= 0.6 is 0 Å². The lowest BCUT2D eigenvalue weighted by atomic mass is 9.85. The van der Waals surface area contributed by atoms with Gasteiger partial charge in [-0.2, -0.15) is 0 Å². The molecule has 0 aromatic heterocycles. The predicted molar refractivity (Wildman–Crippen MR) is 137 cm³/mol. The van der Waals surface area contributed by atoms with E-state index in [4.69, 9.17) is 15.2 Å². The van der Waals surface area contributed by atoms with Crippen molar-refractivity contribution in [2.45, 2.75) is 82.7 Å². The van der Waals surface area contributed by atoms with Gasteiger partial charge in [0, 0.05) is 38.1 Å². The van der Waals surface area contributed by atoms with E-state index in [0.29, 0.717) is 19.4 Å². The Morgan fingerprint density at radius 1 is 1.32 bits per heavy atom. The van der Waals surface area contributed by atoms with Crippen LogP contribution in [0, 0.1) is 17.8 Å². The van der Waals surface area contributed by atoms with E-state index < -0.39 is 66.3 Å². The Morgan fingerprint density at radius 2 is 1.97 bits per heavy atom. The number of ether oxygens (including phenoxy) is 2. The largest absolute Gasteiger partial charge is 0.396 e. The summed E-state index contributed by atoms with van der Waals surface area (Å²) < 4.78 is 11.3. The van der Waals surface area contributed by atoms with E-state index in [-0.39, 0.29) is 24.9 Å². The van der Waals surface area contributed by atoms with Gasteiger partial charge in [-0.1, -0.05) is 32.1 Å². The number of likely N-dealkylation sites (tertiary alicyclic amines) is 1. The SMILES string of the molecule is C=C1C[C@](OC)([C@@H](O)C(=O)N/C=C/C(CO)[C@@H](O)C(C)C(=O)N2CCC[C@H]2[C@H](O)CC(N)=O)O[C@H](C)[C@@H]1C. The van der Waals surface area contributed by atoms with Crippen molar-refractivity contribution in [1.29, 1.82) is 0 Å². The molecule has 2 aliphatic rings. The smallest absolute Gasteiger partial charge is 0.258 e. The molecule has 9 atom stereocenters. The number of rotatable bonds is 12. The van der Waals surface area contributed by atoms with Crippen LogP contribution < -0.4 is 11.1 Å². The summed E-state index contributed by atoms with van der Waals surface area (Å²) in [6.45, 7) is 9.06. The van der Waals surface area contributed by atoms with Crippen molar-refractivity contribution in [3.8, 4) is 0 Å². The summed E-state index contributed by atoms with van der Waals surface area (Å²) >= 11 is 0. The standard InChI is InChI=1S/C26H43N3O9/c1-14-12-26(37-5,38-17(4)15(14)2)23(34)24(35)28-9-8-18(13-30)22(33)16(3)25(36)29-10-6-7-19(29)20(31)11-21(27)32/h8-9,15-20,22-23,30-31,33-34H,1,6-7,10-13H2,2-5H3,(H2,27,32)(H,28,35)/b9-8+/t15-,16?,17-,18?,19+,20-,22+,23+,26-/m1/s1. The number of primary amides is 1. The van der Waals surface area contributed by atoms with Crippen molar-refractivity contribution in [2.75, 3.05) is 20.3 Å². The number of carbonyl (C=O) groups is 3. The Kier molecular flexibility index (Phi) is 11.4. The molecule has 216 valence electrons. The maximum atomic E-state index is 13.1. The molecule has 3 amide bonds. The van der Waals surface area contributed by atoms with Gasteiger partial charge in [-0.05, 0) is 19.8 Å². The van der Waals surface area contributed by atoms with Gasteiger partial charge in [0.25, 0.3) is 5.91 Å². The molecule has 2 unspecified atom stereocenters. The maximum absolute atomic E-state index is 13.1. The first kappa shape index (κ1) is 31.9. The Bertz CT molecular complexity index is 897. The van der Waals surface area contributed by atoms with Crippen LogP contribution in [0.3, 0.4) is 0 Å². The first-order valence-electron chi connectivity index (χ1n) is 12.9. The van der Waals surface area contributed by atoms with Gasteiger partial charge in [0.1, 0.15) is 0 Å². The highest BCUT2D eigenvalue weighted by atomic mass is 16.7. The lowest BCUT2D eigenvalue weighted by Crippen LogP contribution is -2.58. The summed E-state index contributed by atoms with van der Waals surface area (Å²) in [7, 11) is 1.33. The summed E-state index contributed by atoms with van der Waals surface area (Å²) in [6.07, 6.45) is -0.986. The van der Waals surface area contributed by atoms with Gasteiger partial charge in [-0.25, -0.2) is 0 Å². The van der Waals surface area contributed by atoms with Crippen molar-refractivity contribution >= 4 is 17.7 Å². The molecule has 0 aliphatic carbocycles. The van der Waals surface area contributed by atoms with Gasteiger partial charge < -0.3 is 45.9 Å². The molecule has 2 heterocycles. The van der Waals surface area contributed by atoms with E-state index in [2.05, 4.69) is 11.9 Å². The monoisotopic (exact) mass is 541 g/mol. The van der Waals surface area contributed by atoms with Crippen molar-refractivity contribution in [1.82, 2.24) is 10.2 Å². The molecular weight excluding hydrogens is 498 g/mol. The summed E-state index contributed by atoms with van der Waals surface area (Å²) in [5.41, 5.74) is 5.94. The summed E-state index contributed by atoms with van der Waals surface area (Å²) in [4.78, 5) is 38.4. The number of methoxy groups -OCH3 is 1. The third-order valence-electron chi connectivity index (χ3n) is 7.77. The molecule has 0 spiro atoms. The van der Waals surface area contributed by atoms with Crippen LogP contribution in [-0.4, -0.2) is 99.6 Å². The fraction of sp³-hybridized carbons (Fsp3) is 0.731. The van der Waals surface area contributed by atoms with Gasteiger partial charge in [0.2, 0.25) is 17.6 Å². The fourth-order valence-corrected chi connectivity index (χ4v) is 5.06. The van der Waals surface area contributed by atoms with Gasteiger partial charge in [-0.3, -0.25) is 14.4 Å². The van der Waals surface area contributed by atoms with E-state index >= 15 is 0 Å². The molecule has 0 radical (unpaired) electrons. The van der Waals surface area contributed by atoms with Crippen molar-refractivity contribution in [3.63, 3.8) is 0 Å².